The van der Waals surface area contributed by atoms with E-state index in [4.69, 9.17) is 4.74 Å². The van der Waals surface area contributed by atoms with Crippen LogP contribution in [0.4, 0.5) is 0 Å². The summed E-state index contributed by atoms with van der Waals surface area (Å²) in [6.45, 7) is 5.99. The van der Waals surface area contributed by atoms with Crippen molar-refractivity contribution in [3.63, 3.8) is 0 Å². The van der Waals surface area contributed by atoms with Gasteiger partial charge in [-0.1, -0.05) is 36.4 Å². The third kappa shape index (κ3) is 4.37. The molecule has 2 aromatic rings. The third-order valence-electron chi connectivity index (χ3n) is 4.91. The van der Waals surface area contributed by atoms with E-state index in [1.54, 1.807) is 7.11 Å². The minimum Gasteiger partial charge on any atom is -0.497 e. The van der Waals surface area contributed by atoms with E-state index in [-0.39, 0.29) is 0 Å². The van der Waals surface area contributed by atoms with Gasteiger partial charge < -0.3 is 14.5 Å². The van der Waals surface area contributed by atoms with Gasteiger partial charge in [-0.15, -0.1) is 0 Å². The highest BCUT2D eigenvalue weighted by Crippen LogP contribution is 2.27. The number of benzene rings is 2. The van der Waals surface area contributed by atoms with Crippen LogP contribution in [0.15, 0.2) is 48.5 Å². The van der Waals surface area contributed by atoms with Gasteiger partial charge in [-0.3, -0.25) is 0 Å². The van der Waals surface area contributed by atoms with Crippen molar-refractivity contribution < 1.29 is 4.74 Å². The maximum absolute atomic E-state index is 5.37. The lowest BCUT2D eigenvalue weighted by molar-refractivity contribution is 0.153. The van der Waals surface area contributed by atoms with Crippen LogP contribution in [-0.4, -0.2) is 56.7 Å². The van der Waals surface area contributed by atoms with Gasteiger partial charge in [0.25, 0.3) is 0 Å². The molecule has 3 rings (SSSR count). The highest BCUT2D eigenvalue weighted by molar-refractivity contribution is 5.68. The normalized spacial score (nSPS) is 16.2. The first-order chi connectivity index (χ1) is 11.8. The average molecular weight is 324 g/mol. The Morgan fingerprint density at radius 1 is 0.958 bits per heavy atom. The van der Waals surface area contributed by atoms with Crippen LogP contribution in [0.5, 0.6) is 5.75 Å². The molecule has 0 unspecified atom stereocenters. The van der Waals surface area contributed by atoms with Crippen molar-refractivity contribution >= 4 is 0 Å². The first-order valence-corrected chi connectivity index (χ1v) is 8.89. The van der Waals surface area contributed by atoms with E-state index in [0.717, 1.165) is 12.2 Å². The van der Waals surface area contributed by atoms with Gasteiger partial charge >= 0.3 is 0 Å². The molecule has 0 atom stereocenters. The number of aryl methyl sites for hydroxylation is 1. The summed E-state index contributed by atoms with van der Waals surface area (Å²) in [7, 11) is 3.93. The van der Waals surface area contributed by atoms with Crippen molar-refractivity contribution in [1.82, 2.24) is 9.80 Å². The van der Waals surface area contributed by atoms with Crippen LogP contribution in [0.25, 0.3) is 11.1 Å². The van der Waals surface area contributed by atoms with Gasteiger partial charge in [0.2, 0.25) is 0 Å². The molecule has 24 heavy (non-hydrogen) atoms. The van der Waals surface area contributed by atoms with E-state index < -0.39 is 0 Å². The number of rotatable bonds is 6. The smallest absolute Gasteiger partial charge is 0.119 e. The van der Waals surface area contributed by atoms with E-state index in [0.29, 0.717) is 0 Å². The van der Waals surface area contributed by atoms with E-state index in [1.165, 1.54) is 55.8 Å². The minimum absolute atomic E-state index is 0.916. The fourth-order valence-corrected chi connectivity index (χ4v) is 3.38. The van der Waals surface area contributed by atoms with Crippen LogP contribution in [0.3, 0.4) is 0 Å². The molecule has 1 heterocycles. The lowest BCUT2D eigenvalue weighted by Gasteiger charge is -2.32. The predicted molar refractivity (Wildman–Crippen MR) is 101 cm³/mol. The van der Waals surface area contributed by atoms with Crippen LogP contribution in [-0.2, 0) is 6.42 Å². The molecule has 0 aromatic heterocycles. The van der Waals surface area contributed by atoms with Crippen molar-refractivity contribution in [2.45, 2.75) is 12.8 Å². The molecular weight excluding hydrogens is 296 g/mol. The van der Waals surface area contributed by atoms with E-state index in [9.17, 15) is 0 Å². The minimum atomic E-state index is 0.916. The van der Waals surface area contributed by atoms with Gasteiger partial charge in [0.1, 0.15) is 5.75 Å². The zero-order valence-corrected chi connectivity index (χ0v) is 14.9. The van der Waals surface area contributed by atoms with Crippen LogP contribution >= 0.6 is 0 Å². The Morgan fingerprint density at radius 2 is 1.75 bits per heavy atom. The fraction of sp³-hybridized carbons (Fsp3) is 0.429. The first-order valence-electron chi connectivity index (χ1n) is 8.89. The second-order valence-electron chi connectivity index (χ2n) is 6.64. The zero-order valence-electron chi connectivity index (χ0n) is 14.9. The van der Waals surface area contributed by atoms with E-state index >= 15 is 0 Å². The standard InChI is InChI=1S/C21H28N2O/c1-22-13-15-23(16-14-22)12-6-9-18-7-3-4-11-21(18)19-8-5-10-20(17-19)24-2/h3-5,7-8,10-11,17H,6,9,12-16H2,1-2H3. The summed E-state index contributed by atoms with van der Waals surface area (Å²) in [5.74, 6) is 0.916. The predicted octanol–water partition coefficient (Wildman–Crippen LogP) is 3.54. The Bertz CT molecular complexity index is 648. The molecule has 0 aliphatic carbocycles. The number of piperazine rings is 1. The Morgan fingerprint density at radius 3 is 2.54 bits per heavy atom. The summed E-state index contributed by atoms with van der Waals surface area (Å²) in [5, 5.41) is 0. The van der Waals surface area contributed by atoms with Gasteiger partial charge in [0, 0.05) is 26.2 Å². The fourth-order valence-electron chi connectivity index (χ4n) is 3.38. The topological polar surface area (TPSA) is 15.7 Å². The van der Waals surface area contributed by atoms with Crippen LogP contribution in [0.1, 0.15) is 12.0 Å². The lowest BCUT2D eigenvalue weighted by Crippen LogP contribution is -2.44. The van der Waals surface area contributed by atoms with Crippen LogP contribution < -0.4 is 4.74 Å². The molecule has 3 nitrogen and oxygen atoms in total. The van der Waals surface area contributed by atoms with Crippen LogP contribution in [0.2, 0.25) is 0 Å². The molecule has 128 valence electrons. The summed E-state index contributed by atoms with van der Waals surface area (Å²) >= 11 is 0. The summed E-state index contributed by atoms with van der Waals surface area (Å²) in [5.41, 5.74) is 4.00. The monoisotopic (exact) mass is 324 g/mol. The second-order valence-corrected chi connectivity index (χ2v) is 6.64. The van der Waals surface area contributed by atoms with Crippen LogP contribution in [0, 0.1) is 0 Å². The third-order valence-corrected chi connectivity index (χ3v) is 4.91. The molecule has 0 saturated carbocycles. The van der Waals surface area contributed by atoms with E-state index in [1.807, 2.05) is 6.07 Å². The van der Waals surface area contributed by atoms with Crippen molar-refractivity contribution in [3.8, 4) is 16.9 Å². The molecule has 0 bridgehead atoms. The largest absolute Gasteiger partial charge is 0.497 e. The number of methoxy groups -OCH3 is 1. The molecule has 1 aliphatic rings. The molecule has 1 saturated heterocycles. The molecule has 2 aromatic carbocycles. The van der Waals surface area contributed by atoms with Crippen molar-refractivity contribution in [2.24, 2.45) is 0 Å². The maximum atomic E-state index is 5.37. The summed E-state index contributed by atoms with van der Waals surface area (Å²) in [6.07, 6.45) is 2.34. The van der Waals surface area contributed by atoms with Gasteiger partial charge in [0.05, 0.1) is 7.11 Å². The van der Waals surface area contributed by atoms with E-state index in [2.05, 4.69) is 59.3 Å². The number of likely N-dealkylation sites (N-methyl/N-ethyl adjacent to an activating group) is 1. The number of nitrogens with zero attached hydrogens (tertiary/aromatic N) is 2. The number of hydrogen-bond donors (Lipinski definition) is 0. The molecule has 1 fully saturated rings. The molecule has 3 heteroatoms. The molecule has 0 radical (unpaired) electrons. The lowest BCUT2D eigenvalue weighted by atomic mass is 9.96. The van der Waals surface area contributed by atoms with Gasteiger partial charge in [-0.2, -0.15) is 0 Å². The Balaban J connectivity index is 1.64. The molecule has 0 amide bonds. The Hall–Kier alpha value is -1.84. The Labute approximate surface area is 145 Å². The average Bonchev–Trinajstić information content (AvgIpc) is 2.64. The maximum Gasteiger partial charge on any atom is 0.119 e. The molecular formula is C21H28N2O. The summed E-state index contributed by atoms with van der Waals surface area (Å²) in [6, 6.07) is 17.1. The van der Waals surface area contributed by atoms with Gasteiger partial charge in [-0.25, -0.2) is 0 Å². The van der Waals surface area contributed by atoms with Crippen molar-refractivity contribution in [2.75, 3.05) is 46.9 Å². The van der Waals surface area contributed by atoms with Gasteiger partial charge in [0.15, 0.2) is 0 Å². The quantitative estimate of drug-likeness (QED) is 0.808. The molecule has 0 N–H and O–H groups in total. The highest BCUT2D eigenvalue weighted by Gasteiger charge is 2.13. The molecule has 0 spiro atoms. The van der Waals surface area contributed by atoms with Crippen molar-refractivity contribution in [1.29, 1.82) is 0 Å². The summed E-state index contributed by atoms with van der Waals surface area (Å²) in [4.78, 5) is 5.00. The number of hydrogen-bond acceptors (Lipinski definition) is 3. The second kappa shape index (κ2) is 8.32. The van der Waals surface area contributed by atoms with Crippen molar-refractivity contribution in [3.05, 3.63) is 54.1 Å². The highest BCUT2D eigenvalue weighted by atomic mass is 16.5. The van der Waals surface area contributed by atoms with Gasteiger partial charge in [-0.05, 0) is 55.3 Å². The number of ether oxygens (including phenoxy) is 1. The first kappa shape index (κ1) is 17.0. The SMILES string of the molecule is COc1cccc(-c2ccccc2CCCN2CCN(C)CC2)c1. The summed E-state index contributed by atoms with van der Waals surface area (Å²) < 4.78 is 5.37. The Kier molecular flexibility index (Phi) is 5.89. The zero-order chi connectivity index (χ0) is 16.8. The molecule has 1 aliphatic heterocycles.